The monoisotopic (exact) mass is 469 g/mol. The van der Waals surface area contributed by atoms with Crippen LogP contribution in [0.5, 0.6) is 0 Å². The molecule has 1 aromatic heterocycles. The van der Waals surface area contributed by atoms with Gasteiger partial charge in [-0.15, -0.1) is 0 Å². The number of carbonyl (C=O) groups excluding carboxylic acids is 1. The first-order valence-electron chi connectivity index (χ1n) is 14.2. The van der Waals surface area contributed by atoms with Gasteiger partial charge in [0.05, 0.1) is 6.54 Å². The molecular formula is C29H47N3O2. The third-order valence-corrected chi connectivity index (χ3v) is 8.93. The van der Waals surface area contributed by atoms with Crippen molar-refractivity contribution < 1.29 is 4.79 Å². The normalized spacial score (nSPS) is 21.6. The lowest BCUT2D eigenvalue weighted by Gasteiger charge is -2.39. The molecule has 2 unspecified atom stereocenters. The molecule has 3 aliphatic rings. The molecule has 0 bridgehead atoms. The summed E-state index contributed by atoms with van der Waals surface area (Å²) >= 11 is 0. The van der Waals surface area contributed by atoms with Crippen molar-refractivity contribution in [3.63, 3.8) is 0 Å². The molecule has 5 nitrogen and oxygen atoms in total. The van der Waals surface area contributed by atoms with Gasteiger partial charge in [-0.3, -0.25) is 9.59 Å². The second-order valence-corrected chi connectivity index (χ2v) is 11.3. The highest BCUT2D eigenvalue weighted by atomic mass is 16.2. The van der Waals surface area contributed by atoms with Crippen molar-refractivity contribution in [2.75, 3.05) is 13.1 Å². The fourth-order valence-corrected chi connectivity index (χ4v) is 6.75. The van der Waals surface area contributed by atoms with Gasteiger partial charge in [0.1, 0.15) is 0 Å². The molecule has 34 heavy (non-hydrogen) atoms. The van der Waals surface area contributed by atoms with Crippen molar-refractivity contribution in [1.29, 1.82) is 0 Å². The highest BCUT2D eigenvalue weighted by molar-refractivity contribution is 5.79. The van der Waals surface area contributed by atoms with Crippen molar-refractivity contribution in [1.82, 2.24) is 14.4 Å². The van der Waals surface area contributed by atoms with Crippen LogP contribution in [0.2, 0.25) is 0 Å². The van der Waals surface area contributed by atoms with E-state index < -0.39 is 0 Å². The average molecular weight is 470 g/mol. The molecule has 5 heteroatoms. The number of likely N-dealkylation sites (tertiary alicyclic amines) is 1. The largest absolute Gasteiger partial charge is 0.335 e. The highest BCUT2D eigenvalue weighted by Crippen LogP contribution is 2.29. The number of amides is 1. The van der Waals surface area contributed by atoms with E-state index in [-0.39, 0.29) is 17.5 Å². The van der Waals surface area contributed by atoms with Crippen LogP contribution >= 0.6 is 0 Å². The molecule has 2 atom stereocenters. The summed E-state index contributed by atoms with van der Waals surface area (Å²) in [6.07, 6.45) is 15.9. The molecule has 0 spiro atoms. The van der Waals surface area contributed by atoms with Crippen LogP contribution < -0.4 is 5.56 Å². The SMILES string of the molecule is CCC(CC(C)N1CCCCC1)N(Cc1cc2c(n(C)c1=O)CCCC2)C(=O)C1CCCCC1. The Morgan fingerprint density at radius 1 is 1.03 bits per heavy atom. The van der Waals surface area contributed by atoms with Crippen LogP contribution in [0, 0.1) is 5.92 Å². The van der Waals surface area contributed by atoms with E-state index in [0.29, 0.717) is 18.5 Å². The van der Waals surface area contributed by atoms with E-state index in [1.165, 1.54) is 56.5 Å². The molecule has 4 rings (SSSR count). The molecule has 1 amide bonds. The summed E-state index contributed by atoms with van der Waals surface area (Å²) in [7, 11) is 1.93. The van der Waals surface area contributed by atoms with Crippen LogP contribution in [0.25, 0.3) is 0 Å². The number of piperidine rings is 1. The Morgan fingerprint density at radius 2 is 1.71 bits per heavy atom. The van der Waals surface area contributed by atoms with Crippen molar-refractivity contribution in [3.05, 3.63) is 33.2 Å². The topological polar surface area (TPSA) is 45.5 Å². The maximum atomic E-state index is 13.9. The van der Waals surface area contributed by atoms with Crippen molar-refractivity contribution >= 4 is 5.91 Å². The van der Waals surface area contributed by atoms with Crippen LogP contribution in [0.1, 0.15) is 108 Å². The zero-order chi connectivity index (χ0) is 24.1. The van der Waals surface area contributed by atoms with Crippen LogP contribution in [-0.2, 0) is 31.2 Å². The summed E-state index contributed by atoms with van der Waals surface area (Å²) in [6.45, 7) is 7.40. The number of nitrogens with zero attached hydrogens (tertiary/aromatic N) is 3. The predicted octanol–water partition coefficient (Wildman–Crippen LogP) is 5.22. The smallest absolute Gasteiger partial charge is 0.255 e. The maximum Gasteiger partial charge on any atom is 0.255 e. The molecule has 2 fully saturated rings. The van der Waals surface area contributed by atoms with Gasteiger partial charge in [0.15, 0.2) is 0 Å². The number of rotatable bonds is 8. The molecular weight excluding hydrogens is 422 g/mol. The zero-order valence-corrected chi connectivity index (χ0v) is 22.0. The van der Waals surface area contributed by atoms with E-state index in [1.807, 2.05) is 11.6 Å². The molecule has 1 aromatic rings. The molecule has 2 heterocycles. The number of hydrogen-bond acceptors (Lipinski definition) is 3. The third kappa shape index (κ3) is 5.78. The van der Waals surface area contributed by atoms with E-state index in [9.17, 15) is 9.59 Å². The molecule has 1 saturated heterocycles. The minimum absolute atomic E-state index is 0.0982. The number of aromatic nitrogens is 1. The summed E-state index contributed by atoms with van der Waals surface area (Å²) < 4.78 is 1.88. The lowest BCUT2D eigenvalue weighted by Crippen LogP contribution is -2.48. The Morgan fingerprint density at radius 3 is 2.41 bits per heavy atom. The first-order chi connectivity index (χ1) is 16.5. The van der Waals surface area contributed by atoms with Gasteiger partial charge in [0.2, 0.25) is 5.91 Å². The van der Waals surface area contributed by atoms with Crippen LogP contribution in [-0.4, -0.2) is 45.4 Å². The Bertz CT molecular complexity index is 880. The number of fused-ring (bicyclic) bond motifs is 1. The number of carbonyl (C=O) groups is 1. The molecule has 1 aliphatic heterocycles. The highest BCUT2D eigenvalue weighted by Gasteiger charge is 2.32. The van der Waals surface area contributed by atoms with Gasteiger partial charge in [-0.2, -0.15) is 0 Å². The van der Waals surface area contributed by atoms with E-state index >= 15 is 0 Å². The Hall–Kier alpha value is -1.62. The minimum Gasteiger partial charge on any atom is -0.335 e. The second-order valence-electron chi connectivity index (χ2n) is 11.3. The van der Waals surface area contributed by atoms with Crippen LogP contribution in [0.4, 0.5) is 0 Å². The van der Waals surface area contributed by atoms with Crippen LogP contribution in [0.15, 0.2) is 10.9 Å². The Labute approximate surface area is 206 Å². The third-order valence-electron chi connectivity index (χ3n) is 8.93. The van der Waals surface area contributed by atoms with E-state index in [1.54, 1.807) is 0 Å². The van der Waals surface area contributed by atoms with Gasteiger partial charge >= 0.3 is 0 Å². The lowest BCUT2D eigenvalue weighted by atomic mass is 9.87. The van der Waals surface area contributed by atoms with Crippen LogP contribution in [0.3, 0.4) is 0 Å². The maximum absolute atomic E-state index is 13.9. The Balaban J connectivity index is 1.60. The summed E-state index contributed by atoms with van der Waals surface area (Å²) in [5, 5.41) is 0. The second kappa shape index (κ2) is 11.9. The van der Waals surface area contributed by atoms with E-state index in [4.69, 9.17) is 0 Å². The number of pyridine rings is 1. The molecule has 0 aromatic carbocycles. The molecule has 0 N–H and O–H groups in total. The molecule has 2 aliphatic carbocycles. The first kappa shape index (κ1) is 25.5. The van der Waals surface area contributed by atoms with Crippen molar-refractivity contribution in [2.45, 2.75) is 122 Å². The predicted molar refractivity (Wildman–Crippen MR) is 139 cm³/mol. The zero-order valence-electron chi connectivity index (χ0n) is 22.0. The van der Waals surface area contributed by atoms with Gasteiger partial charge in [-0.05, 0) is 95.9 Å². The fourth-order valence-electron chi connectivity index (χ4n) is 6.75. The molecule has 190 valence electrons. The summed E-state index contributed by atoms with van der Waals surface area (Å²) in [6, 6.07) is 2.81. The molecule has 1 saturated carbocycles. The summed E-state index contributed by atoms with van der Waals surface area (Å²) in [4.78, 5) is 32.1. The van der Waals surface area contributed by atoms with Gasteiger partial charge in [0, 0.05) is 36.3 Å². The van der Waals surface area contributed by atoms with Crippen molar-refractivity contribution in [3.8, 4) is 0 Å². The van der Waals surface area contributed by atoms with Gasteiger partial charge < -0.3 is 14.4 Å². The van der Waals surface area contributed by atoms with Crippen molar-refractivity contribution in [2.24, 2.45) is 13.0 Å². The first-order valence-corrected chi connectivity index (χ1v) is 14.2. The van der Waals surface area contributed by atoms with Gasteiger partial charge in [-0.25, -0.2) is 0 Å². The number of aryl methyl sites for hydroxylation is 1. The average Bonchev–Trinajstić information content (AvgIpc) is 2.89. The lowest BCUT2D eigenvalue weighted by molar-refractivity contribution is -0.140. The summed E-state index contributed by atoms with van der Waals surface area (Å²) in [5.74, 6) is 0.437. The summed E-state index contributed by atoms with van der Waals surface area (Å²) in [5.41, 5.74) is 3.44. The van der Waals surface area contributed by atoms with E-state index in [0.717, 1.165) is 63.4 Å². The van der Waals surface area contributed by atoms with E-state index in [2.05, 4.69) is 29.7 Å². The standard InChI is InChI=1S/C29H47N3O2/c1-4-26(19-22(2)31-17-11-6-12-18-31)32(29(34)23-13-7-5-8-14-23)21-25-20-24-15-9-10-16-27(24)30(3)28(25)33/h20,22-23,26H,4-19,21H2,1-3H3. The minimum atomic E-state index is 0.0982. The van der Waals surface area contributed by atoms with Gasteiger partial charge in [0.25, 0.3) is 5.56 Å². The molecule has 0 radical (unpaired) electrons. The van der Waals surface area contributed by atoms with Gasteiger partial charge in [-0.1, -0.05) is 32.6 Å². The quantitative estimate of drug-likeness (QED) is 0.525. The fraction of sp³-hybridized carbons (Fsp3) is 0.793. The Kier molecular flexibility index (Phi) is 8.90. The number of hydrogen-bond donors (Lipinski definition) is 0.